The highest BCUT2D eigenvalue weighted by Crippen LogP contribution is 2.30. The number of aromatic nitrogens is 2. The first-order chi connectivity index (χ1) is 24.9. The van der Waals surface area contributed by atoms with Gasteiger partial charge in [0.1, 0.15) is 18.1 Å². The molecule has 0 saturated carbocycles. The van der Waals surface area contributed by atoms with Crippen molar-refractivity contribution in [2.45, 2.75) is 40.0 Å². The smallest absolute Gasteiger partial charge is 0.246 e. The zero-order valence-corrected chi connectivity index (χ0v) is 31.1. The maximum absolute atomic E-state index is 13.1. The molecule has 5 aromatic rings. The summed E-state index contributed by atoms with van der Waals surface area (Å²) in [5.74, 6) is 1.93. The Morgan fingerprint density at radius 1 is 0.808 bits per heavy atom. The Kier molecular flexibility index (Phi) is 14.2. The molecular formula is C42H44Cl2N4O4. The van der Waals surface area contributed by atoms with Crippen molar-refractivity contribution >= 4 is 36.0 Å². The largest absolute Gasteiger partial charge is 0.487 e. The van der Waals surface area contributed by atoms with Crippen LogP contribution in [0.25, 0.3) is 6.08 Å². The van der Waals surface area contributed by atoms with Gasteiger partial charge in [-0.25, -0.2) is 4.98 Å². The molecule has 0 radical (unpaired) electrons. The van der Waals surface area contributed by atoms with E-state index in [0.717, 1.165) is 64.6 Å². The predicted octanol–water partition coefficient (Wildman–Crippen LogP) is 8.66. The number of benzene rings is 3. The van der Waals surface area contributed by atoms with Crippen molar-refractivity contribution in [3.05, 3.63) is 154 Å². The summed E-state index contributed by atoms with van der Waals surface area (Å²) in [5.41, 5.74) is 7.57. The zero-order valence-electron chi connectivity index (χ0n) is 29.5. The fourth-order valence-corrected chi connectivity index (χ4v) is 6.06. The summed E-state index contributed by atoms with van der Waals surface area (Å²) in [6.45, 7) is 9.67. The number of hydrogen-bond acceptors (Lipinski definition) is 7. The third-order valence-corrected chi connectivity index (χ3v) is 9.05. The molecule has 0 unspecified atom stereocenters. The topological polar surface area (TPSA) is 77.0 Å². The highest BCUT2D eigenvalue weighted by molar-refractivity contribution is 6.30. The van der Waals surface area contributed by atoms with E-state index in [-0.39, 0.29) is 18.3 Å². The molecule has 52 heavy (non-hydrogen) atoms. The van der Waals surface area contributed by atoms with Crippen LogP contribution < -0.4 is 9.47 Å². The maximum atomic E-state index is 13.1. The van der Waals surface area contributed by atoms with Gasteiger partial charge in [-0.05, 0) is 108 Å². The van der Waals surface area contributed by atoms with Crippen molar-refractivity contribution in [3.63, 3.8) is 0 Å². The van der Waals surface area contributed by atoms with Crippen LogP contribution in [0, 0.1) is 13.8 Å². The second-order valence-corrected chi connectivity index (χ2v) is 13.2. The van der Waals surface area contributed by atoms with Crippen LogP contribution >= 0.6 is 24.0 Å². The van der Waals surface area contributed by atoms with Crippen LogP contribution in [-0.2, 0) is 35.7 Å². The molecule has 6 rings (SSSR count). The average molecular weight is 740 g/mol. The Morgan fingerprint density at radius 2 is 1.46 bits per heavy atom. The molecule has 10 heteroatoms. The molecule has 3 heterocycles. The van der Waals surface area contributed by atoms with Gasteiger partial charge in [0.15, 0.2) is 0 Å². The number of amides is 1. The first-order valence-electron chi connectivity index (χ1n) is 17.2. The molecule has 0 spiro atoms. The highest BCUT2D eigenvalue weighted by atomic mass is 35.5. The lowest BCUT2D eigenvalue weighted by Crippen LogP contribution is -2.47. The molecule has 0 N–H and O–H groups in total. The third-order valence-electron chi connectivity index (χ3n) is 8.80. The average Bonchev–Trinajstić information content (AvgIpc) is 3.15. The van der Waals surface area contributed by atoms with Gasteiger partial charge in [-0.2, -0.15) is 0 Å². The summed E-state index contributed by atoms with van der Waals surface area (Å²) in [5, 5.41) is 0.736. The number of nitrogens with zero attached hydrogens (tertiary/aromatic N) is 4. The normalized spacial score (nSPS) is 13.2. The summed E-state index contributed by atoms with van der Waals surface area (Å²) in [4.78, 5) is 25.8. The van der Waals surface area contributed by atoms with Gasteiger partial charge in [0.05, 0.1) is 19.4 Å². The molecule has 8 nitrogen and oxygen atoms in total. The zero-order chi connectivity index (χ0) is 35.4. The summed E-state index contributed by atoms with van der Waals surface area (Å²) in [6.07, 6.45) is 9.57. The van der Waals surface area contributed by atoms with Crippen LogP contribution in [0.1, 0.15) is 38.9 Å². The summed E-state index contributed by atoms with van der Waals surface area (Å²) in [6, 6.07) is 28.0. The van der Waals surface area contributed by atoms with E-state index in [1.165, 1.54) is 11.1 Å². The summed E-state index contributed by atoms with van der Waals surface area (Å²) < 4.78 is 17.8. The van der Waals surface area contributed by atoms with Crippen LogP contribution in [0.4, 0.5) is 0 Å². The van der Waals surface area contributed by atoms with Crippen LogP contribution in [0.2, 0.25) is 5.02 Å². The number of aryl methyl sites for hydroxylation is 2. The van der Waals surface area contributed by atoms with E-state index in [9.17, 15) is 4.79 Å². The van der Waals surface area contributed by atoms with E-state index in [2.05, 4.69) is 39.1 Å². The third kappa shape index (κ3) is 11.4. The molecule has 0 atom stereocenters. The molecule has 1 saturated heterocycles. The Labute approximate surface area is 317 Å². The molecule has 1 aliphatic rings. The lowest BCUT2D eigenvalue weighted by atomic mass is 10.1. The van der Waals surface area contributed by atoms with Gasteiger partial charge in [-0.1, -0.05) is 48.0 Å². The fraction of sp³-hybridized carbons (Fsp3) is 0.262. The molecular weight excluding hydrogens is 695 g/mol. The van der Waals surface area contributed by atoms with E-state index in [1.54, 1.807) is 30.7 Å². The van der Waals surface area contributed by atoms with Gasteiger partial charge in [0.25, 0.3) is 0 Å². The second kappa shape index (κ2) is 19.2. The monoisotopic (exact) mass is 738 g/mol. The minimum absolute atomic E-state index is 0. The van der Waals surface area contributed by atoms with Gasteiger partial charge in [-0.3, -0.25) is 14.7 Å². The van der Waals surface area contributed by atoms with E-state index in [1.807, 2.05) is 79.4 Å². The number of piperazine rings is 1. The van der Waals surface area contributed by atoms with Crippen molar-refractivity contribution in [1.29, 1.82) is 0 Å². The van der Waals surface area contributed by atoms with Crippen LogP contribution in [0.3, 0.4) is 0 Å². The lowest BCUT2D eigenvalue weighted by Gasteiger charge is -2.34. The Morgan fingerprint density at radius 3 is 2.13 bits per heavy atom. The number of carbonyl (C=O) groups is 1. The van der Waals surface area contributed by atoms with Gasteiger partial charge in [-0.15, -0.1) is 12.4 Å². The van der Waals surface area contributed by atoms with E-state index < -0.39 is 0 Å². The van der Waals surface area contributed by atoms with E-state index in [0.29, 0.717) is 44.5 Å². The molecule has 1 aliphatic heterocycles. The maximum Gasteiger partial charge on any atom is 0.246 e. The standard InChI is InChI=1S/C42H43ClN4O4.ClH/c1-31-25-37(26-32(2)42(31)51-40-13-12-39(27-45-40)50-30-36-15-18-44-19-16-36)9-14-41(48)47-22-20-46(21-23-47)28-34-5-3-33(4-6-34)17-24-49-29-35-7-10-38(43)11-8-35;/h3-16,18-19,25-27H,17,20-24,28-30H2,1-2H3;1H. The number of ether oxygens (including phenoxy) is 3. The van der Waals surface area contributed by atoms with Gasteiger partial charge in [0, 0.05) is 62.3 Å². The van der Waals surface area contributed by atoms with Crippen LogP contribution in [0.15, 0.2) is 110 Å². The number of halogens is 2. The van der Waals surface area contributed by atoms with E-state index in [4.69, 9.17) is 25.8 Å². The number of hydrogen-bond donors (Lipinski definition) is 0. The number of carbonyl (C=O) groups excluding carboxylic acids is 1. The Bertz CT molecular complexity index is 1870. The summed E-state index contributed by atoms with van der Waals surface area (Å²) >= 11 is 5.95. The van der Waals surface area contributed by atoms with Crippen molar-refractivity contribution < 1.29 is 19.0 Å². The van der Waals surface area contributed by atoms with Crippen molar-refractivity contribution in [2.24, 2.45) is 0 Å². The molecule has 1 fully saturated rings. The van der Waals surface area contributed by atoms with Crippen molar-refractivity contribution in [1.82, 2.24) is 19.8 Å². The van der Waals surface area contributed by atoms with Crippen molar-refractivity contribution in [2.75, 3.05) is 32.8 Å². The van der Waals surface area contributed by atoms with Crippen LogP contribution in [0.5, 0.6) is 17.4 Å². The minimum atomic E-state index is 0. The first-order valence-corrected chi connectivity index (χ1v) is 17.6. The fourth-order valence-electron chi connectivity index (χ4n) is 5.93. The molecule has 0 bridgehead atoms. The van der Waals surface area contributed by atoms with Crippen molar-refractivity contribution in [3.8, 4) is 17.4 Å². The quantitative estimate of drug-likeness (QED) is 0.0834. The molecule has 1 amide bonds. The van der Waals surface area contributed by atoms with E-state index >= 15 is 0 Å². The molecule has 2 aromatic heterocycles. The minimum Gasteiger partial charge on any atom is -0.487 e. The Balaban J connectivity index is 0.00000523. The SMILES string of the molecule is Cc1cc(C=CC(=O)N2CCN(Cc3ccc(CCOCc4ccc(Cl)cc4)cc3)CC2)cc(C)c1Oc1ccc(OCc2ccncc2)cn1.Cl. The lowest BCUT2D eigenvalue weighted by molar-refractivity contribution is -0.127. The highest BCUT2D eigenvalue weighted by Gasteiger charge is 2.20. The number of rotatable bonds is 14. The summed E-state index contributed by atoms with van der Waals surface area (Å²) in [7, 11) is 0. The molecule has 3 aromatic carbocycles. The van der Waals surface area contributed by atoms with Gasteiger partial charge >= 0.3 is 0 Å². The molecule has 0 aliphatic carbocycles. The van der Waals surface area contributed by atoms with Crippen LogP contribution in [-0.4, -0.2) is 58.5 Å². The number of pyridine rings is 2. The first kappa shape index (κ1) is 38.5. The van der Waals surface area contributed by atoms with Gasteiger partial charge in [0.2, 0.25) is 11.8 Å². The predicted molar refractivity (Wildman–Crippen MR) is 208 cm³/mol. The Hall–Kier alpha value is -4.73. The molecule has 270 valence electrons. The second-order valence-electron chi connectivity index (χ2n) is 12.7. The van der Waals surface area contributed by atoms with Gasteiger partial charge < -0.3 is 19.1 Å².